The third kappa shape index (κ3) is 7.35. The lowest BCUT2D eigenvalue weighted by molar-refractivity contribution is 1.31. The van der Waals surface area contributed by atoms with Crippen molar-refractivity contribution in [1.29, 1.82) is 0 Å². The monoisotopic (exact) mass is 940 g/mol. The number of anilines is 6. The quantitative estimate of drug-likeness (QED) is 0.126. The second kappa shape index (κ2) is 18.1. The van der Waals surface area contributed by atoms with Crippen LogP contribution in [0.25, 0.3) is 98.4 Å². The highest BCUT2D eigenvalue weighted by Crippen LogP contribution is 2.53. The average Bonchev–Trinajstić information content (AvgIpc) is 3.49. The van der Waals surface area contributed by atoms with Crippen LogP contribution in [0.5, 0.6) is 0 Å². The molecule has 0 N–H and O–H groups in total. The van der Waals surface area contributed by atoms with E-state index in [1.54, 1.807) is 0 Å². The van der Waals surface area contributed by atoms with Crippen molar-refractivity contribution in [3.63, 3.8) is 0 Å². The summed E-state index contributed by atoms with van der Waals surface area (Å²) in [5.74, 6) is 0. The van der Waals surface area contributed by atoms with E-state index in [2.05, 4.69) is 301 Å². The highest BCUT2D eigenvalue weighted by molar-refractivity contribution is 6.29. The topological polar surface area (TPSA) is 6.48 Å². The van der Waals surface area contributed by atoms with Crippen LogP contribution in [0.15, 0.2) is 291 Å². The minimum Gasteiger partial charge on any atom is -0.309 e. The van der Waals surface area contributed by atoms with Gasteiger partial charge in [0.05, 0.1) is 22.7 Å². The van der Waals surface area contributed by atoms with Gasteiger partial charge in [0, 0.05) is 44.0 Å². The van der Waals surface area contributed by atoms with Crippen molar-refractivity contribution in [3.05, 3.63) is 291 Å². The molecule has 2 nitrogen and oxygen atoms in total. The highest BCUT2D eigenvalue weighted by atomic mass is 15.2. The van der Waals surface area contributed by atoms with Crippen LogP contribution >= 0.6 is 0 Å². The lowest BCUT2D eigenvalue weighted by Gasteiger charge is -2.32. The van der Waals surface area contributed by atoms with Crippen LogP contribution < -0.4 is 9.80 Å². The predicted octanol–water partition coefficient (Wildman–Crippen LogP) is 20.5. The molecule has 0 aliphatic carbocycles. The second-order valence-electron chi connectivity index (χ2n) is 19.2. The summed E-state index contributed by atoms with van der Waals surface area (Å²) in [6.07, 6.45) is 0. The largest absolute Gasteiger partial charge is 0.309 e. The van der Waals surface area contributed by atoms with Crippen molar-refractivity contribution in [2.45, 2.75) is 0 Å². The molecule has 0 aliphatic heterocycles. The van der Waals surface area contributed by atoms with E-state index in [9.17, 15) is 0 Å². The zero-order valence-electron chi connectivity index (χ0n) is 40.6. The third-order valence-corrected chi connectivity index (χ3v) is 14.9. The van der Waals surface area contributed by atoms with E-state index in [1.807, 2.05) is 0 Å². The molecule has 0 amide bonds. The van der Waals surface area contributed by atoms with E-state index in [4.69, 9.17) is 0 Å². The molecular formula is C72H48N2. The molecule has 0 bridgehead atoms. The summed E-state index contributed by atoms with van der Waals surface area (Å²) >= 11 is 0. The number of hydrogen-bond acceptors (Lipinski definition) is 2. The Kier molecular flexibility index (Phi) is 10.6. The Morgan fingerprint density at radius 3 is 0.892 bits per heavy atom. The molecule has 0 aromatic heterocycles. The Balaban J connectivity index is 1.05. The van der Waals surface area contributed by atoms with E-state index >= 15 is 0 Å². The Hall–Kier alpha value is -9.76. The van der Waals surface area contributed by atoms with Crippen molar-refractivity contribution in [2.24, 2.45) is 0 Å². The van der Waals surface area contributed by atoms with Gasteiger partial charge in [-0.2, -0.15) is 0 Å². The molecule has 14 aromatic carbocycles. The van der Waals surface area contributed by atoms with E-state index in [0.29, 0.717) is 0 Å². The first-order valence-corrected chi connectivity index (χ1v) is 25.5. The third-order valence-electron chi connectivity index (χ3n) is 14.9. The molecule has 0 heterocycles. The second-order valence-corrected chi connectivity index (χ2v) is 19.2. The summed E-state index contributed by atoms with van der Waals surface area (Å²) < 4.78 is 0. The number of fused-ring (bicyclic) bond motifs is 2. The first kappa shape index (κ1) is 43.1. The normalized spacial score (nSPS) is 11.5. The molecule has 0 radical (unpaired) electrons. The summed E-state index contributed by atoms with van der Waals surface area (Å²) in [4.78, 5) is 5.05. The van der Waals surface area contributed by atoms with Crippen molar-refractivity contribution in [1.82, 2.24) is 0 Å². The van der Waals surface area contributed by atoms with Crippen LogP contribution in [0.1, 0.15) is 0 Å². The fourth-order valence-electron chi connectivity index (χ4n) is 11.5. The average molecular weight is 941 g/mol. The fourth-order valence-corrected chi connectivity index (χ4v) is 11.5. The maximum Gasteiger partial charge on any atom is 0.0618 e. The van der Waals surface area contributed by atoms with Gasteiger partial charge >= 0.3 is 0 Å². The number of para-hydroxylation sites is 2. The molecule has 2 heteroatoms. The molecule has 346 valence electrons. The Labute approximate surface area is 431 Å². The van der Waals surface area contributed by atoms with Gasteiger partial charge in [-0.25, -0.2) is 0 Å². The summed E-state index contributed by atoms with van der Waals surface area (Å²) in [6, 6.07) is 107. The molecule has 0 saturated carbocycles. The zero-order chi connectivity index (χ0) is 49.0. The van der Waals surface area contributed by atoms with Gasteiger partial charge in [0.1, 0.15) is 0 Å². The van der Waals surface area contributed by atoms with E-state index in [-0.39, 0.29) is 0 Å². The molecular weight excluding hydrogens is 893 g/mol. The SMILES string of the molecule is c1ccc(-c2ccc3ccc(-c4ccccc4)c(N(c4ccccc4)c4ccc5ccc6c(N(c7ccccc7)c7c(-c8ccccc8)ccc8ccc(-c9ccccc9)cc78)ccc7ccc4c5c76)c3c2)cc1. The Bertz CT molecular complexity index is 4030. The van der Waals surface area contributed by atoms with Crippen LogP contribution in [-0.4, -0.2) is 0 Å². The minimum absolute atomic E-state index is 1.09. The van der Waals surface area contributed by atoms with Crippen LogP contribution in [0.2, 0.25) is 0 Å². The minimum atomic E-state index is 1.09. The van der Waals surface area contributed by atoms with Crippen molar-refractivity contribution >= 4 is 88.0 Å². The van der Waals surface area contributed by atoms with Gasteiger partial charge in [0.2, 0.25) is 0 Å². The molecule has 74 heavy (non-hydrogen) atoms. The number of hydrogen-bond donors (Lipinski definition) is 0. The summed E-state index contributed by atoms with van der Waals surface area (Å²) in [5.41, 5.74) is 16.1. The lowest BCUT2D eigenvalue weighted by atomic mass is 9.90. The first-order chi connectivity index (χ1) is 36.7. The van der Waals surface area contributed by atoms with Crippen LogP contribution in [0.4, 0.5) is 34.1 Å². The van der Waals surface area contributed by atoms with Crippen molar-refractivity contribution in [2.75, 3.05) is 9.80 Å². The molecule has 0 fully saturated rings. The molecule has 0 aliphatic rings. The van der Waals surface area contributed by atoms with Gasteiger partial charge in [-0.1, -0.05) is 243 Å². The molecule has 0 atom stereocenters. The predicted molar refractivity (Wildman–Crippen MR) is 316 cm³/mol. The van der Waals surface area contributed by atoms with E-state index < -0.39 is 0 Å². The number of rotatable bonds is 10. The van der Waals surface area contributed by atoms with Gasteiger partial charge in [0.25, 0.3) is 0 Å². The van der Waals surface area contributed by atoms with Gasteiger partial charge in [0.15, 0.2) is 0 Å². The standard InChI is InChI=1S/C72H48N2/c1-7-19-49(20-8-1)57-33-31-53-35-41-61(51-23-11-3-12-24-51)71(65(53)47-57)73(59-27-15-5-16-28-59)67-45-39-55-38-44-64-68(46-40-56-37-43-63(67)69(55)70(56)64)74(60-29-17-6-18-30-60)72-62(52-25-13-4-14-26-52)42-36-54-32-34-58(48-66(54)72)50-21-9-2-10-22-50/h1-48H. The zero-order valence-corrected chi connectivity index (χ0v) is 40.6. The fraction of sp³-hybridized carbons (Fsp3) is 0. The molecule has 0 saturated heterocycles. The maximum absolute atomic E-state index is 2.52. The molecule has 0 spiro atoms. The molecule has 14 aromatic rings. The van der Waals surface area contributed by atoms with Crippen LogP contribution in [-0.2, 0) is 0 Å². The maximum atomic E-state index is 2.52. The van der Waals surface area contributed by atoms with Crippen LogP contribution in [0, 0.1) is 0 Å². The number of benzene rings is 14. The van der Waals surface area contributed by atoms with E-state index in [0.717, 1.165) is 45.3 Å². The number of nitrogens with zero attached hydrogens (tertiary/aromatic N) is 2. The molecule has 0 unspecified atom stereocenters. The first-order valence-electron chi connectivity index (χ1n) is 25.5. The van der Waals surface area contributed by atoms with Crippen molar-refractivity contribution in [3.8, 4) is 44.5 Å². The Morgan fingerprint density at radius 2 is 0.514 bits per heavy atom. The summed E-state index contributed by atoms with van der Waals surface area (Å²) in [5, 5.41) is 12.0. The summed E-state index contributed by atoms with van der Waals surface area (Å²) in [7, 11) is 0. The smallest absolute Gasteiger partial charge is 0.0618 e. The van der Waals surface area contributed by atoms with E-state index in [1.165, 1.54) is 87.2 Å². The van der Waals surface area contributed by atoms with Gasteiger partial charge < -0.3 is 9.80 Å². The van der Waals surface area contributed by atoms with Gasteiger partial charge in [-0.05, 0) is 114 Å². The van der Waals surface area contributed by atoms with Gasteiger partial charge in [-0.15, -0.1) is 0 Å². The van der Waals surface area contributed by atoms with Crippen LogP contribution in [0.3, 0.4) is 0 Å². The Morgan fingerprint density at radius 1 is 0.203 bits per heavy atom. The van der Waals surface area contributed by atoms with Crippen molar-refractivity contribution < 1.29 is 0 Å². The highest BCUT2D eigenvalue weighted by Gasteiger charge is 2.27. The molecule has 14 rings (SSSR count). The lowest BCUT2D eigenvalue weighted by Crippen LogP contribution is -2.13. The summed E-state index contributed by atoms with van der Waals surface area (Å²) in [6.45, 7) is 0. The van der Waals surface area contributed by atoms with Gasteiger partial charge in [-0.3, -0.25) is 0 Å².